The van der Waals surface area contributed by atoms with Crippen molar-refractivity contribution in [2.24, 2.45) is 4.99 Å². The second-order valence-electron chi connectivity index (χ2n) is 7.45. The summed E-state index contributed by atoms with van der Waals surface area (Å²) in [4.78, 5) is 18.8. The average Bonchev–Trinajstić information content (AvgIpc) is 2.92. The number of hydrogen-bond donors (Lipinski definition) is 2. The number of rotatable bonds is 5. The normalized spacial score (nSPS) is 23.7. The van der Waals surface area contributed by atoms with Crippen LogP contribution in [0.15, 0.2) is 34.2 Å². The second kappa shape index (κ2) is 9.82. The summed E-state index contributed by atoms with van der Waals surface area (Å²) in [5.41, 5.74) is 0.425. The summed E-state index contributed by atoms with van der Waals surface area (Å²) in [6.45, 7) is 3.39. The van der Waals surface area contributed by atoms with Crippen LogP contribution < -0.4 is 10.0 Å². The minimum absolute atomic E-state index is 0.0756. The number of carbonyl (C=O) groups is 1. The van der Waals surface area contributed by atoms with E-state index in [2.05, 4.69) is 15.0 Å². The van der Waals surface area contributed by atoms with Crippen LogP contribution in [0.2, 0.25) is 0 Å². The van der Waals surface area contributed by atoms with Gasteiger partial charge in [0.2, 0.25) is 5.91 Å². The van der Waals surface area contributed by atoms with E-state index in [1.165, 1.54) is 12.1 Å². The summed E-state index contributed by atoms with van der Waals surface area (Å²) in [6.07, 6.45) is 3.55. The topological polar surface area (TPSA) is 108 Å². The van der Waals surface area contributed by atoms with E-state index in [9.17, 15) is 17.4 Å². The van der Waals surface area contributed by atoms with Gasteiger partial charge in [0.25, 0.3) is 10.0 Å². The maximum absolute atomic E-state index is 12.7. The Labute approximate surface area is 174 Å². The molecule has 10 heteroatoms. The van der Waals surface area contributed by atoms with Gasteiger partial charge in [0.15, 0.2) is 0 Å². The van der Waals surface area contributed by atoms with E-state index < -0.39 is 20.8 Å². The van der Waals surface area contributed by atoms with Crippen LogP contribution in [0.25, 0.3) is 0 Å². The first-order valence-electron chi connectivity index (χ1n) is 9.88. The standard InChI is InChI=1S/C19H28N4O4S2/c1-15-14-28(25)11-10-23(15)13-19(24)21-16-6-5-7-17(12-16)29(26,27)22-18-8-3-2-4-9-20-18/h5-7,12,15H,2-4,8-11,13-14H2,1H3,(H,20,22)(H,21,24)/t15-,28-/m1/s1. The van der Waals surface area contributed by atoms with Gasteiger partial charge in [-0.2, -0.15) is 0 Å². The van der Waals surface area contributed by atoms with Crippen LogP contribution in [0.4, 0.5) is 5.69 Å². The molecule has 2 heterocycles. The lowest BCUT2D eigenvalue weighted by Crippen LogP contribution is -2.47. The fourth-order valence-electron chi connectivity index (χ4n) is 3.43. The zero-order valence-corrected chi connectivity index (χ0v) is 18.2. The molecule has 0 spiro atoms. The van der Waals surface area contributed by atoms with Crippen molar-refractivity contribution in [1.29, 1.82) is 0 Å². The van der Waals surface area contributed by atoms with E-state index in [1.54, 1.807) is 12.1 Å². The molecule has 8 nitrogen and oxygen atoms in total. The van der Waals surface area contributed by atoms with E-state index >= 15 is 0 Å². The smallest absolute Gasteiger partial charge is 0.262 e. The monoisotopic (exact) mass is 440 g/mol. The molecule has 0 saturated carbocycles. The molecule has 1 aromatic rings. The number of anilines is 1. The van der Waals surface area contributed by atoms with E-state index in [4.69, 9.17) is 0 Å². The Morgan fingerprint density at radius 2 is 2.14 bits per heavy atom. The molecule has 0 radical (unpaired) electrons. The number of aliphatic imine (C=N–C) groups is 1. The molecule has 3 rings (SSSR count). The predicted octanol–water partition coefficient (Wildman–Crippen LogP) is 1.33. The Morgan fingerprint density at radius 1 is 1.31 bits per heavy atom. The van der Waals surface area contributed by atoms with Gasteiger partial charge in [-0.05, 0) is 38.0 Å². The molecule has 1 saturated heterocycles. The van der Waals surface area contributed by atoms with Gasteiger partial charge in [-0.25, -0.2) is 8.42 Å². The summed E-state index contributed by atoms with van der Waals surface area (Å²) in [5, 5.41) is 2.77. The zero-order chi connectivity index (χ0) is 20.9. The molecule has 0 aromatic heterocycles. The zero-order valence-electron chi connectivity index (χ0n) is 16.6. The number of nitrogens with zero attached hydrogens (tertiary/aromatic N) is 2. The van der Waals surface area contributed by atoms with Gasteiger partial charge in [0, 0.05) is 53.5 Å². The highest BCUT2D eigenvalue weighted by atomic mass is 32.2. The number of carbonyl (C=O) groups excluding carboxylic acids is 1. The Morgan fingerprint density at radius 3 is 2.93 bits per heavy atom. The lowest BCUT2D eigenvalue weighted by Gasteiger charge is -2.32. The van der Waals surface area contributed by atoms with Gasteiger partial charge in [0.1, 0.15) is 5.84 Å². The molecule has 2 atom stereocenters. The third-order valence-electron chi connectivity index (χ3n) is 5.06. The van der Waals surface area contributed by atoms with Crippen LogP contribution >= 0.6 is 0 Å². The molecule has 0 unspecified atom stereocenters. The van der Waals surface area contributed by atoms with Crippen molar-refractivity contribution in [3.63, 3.8) is 0 Å². The quantitative estimate of drug-likeness (QED) is 0.718. The van der Waals surface area contributed by atoms with Crippen LogP contribution in [-0.2, 0) is 25.6 Å². The van der Waals surface area contributed by atoms with Gasteiger partial charge < -0.3 is 5.32 Å². The average molecular weight is 441 g/mol. The highest BCUT2D eigenvalue weighted by Crippen LogP contribution is 2.17. The summed E-state index contributed by atoms with van der Waals surface area (Å²) in [7, 11) is -4.57. The Balaban J connectivity index is 1.63. The minimum Gasteiger partial charge on any atom is -0.325 e. The Bertz CT molecular complexity index is 901. The molecule has 1 aromatic carbocycles. The third kappa shape index (κ3) is 6.35. The SMILES string of the molecule is C[C@@H]1C[S@](=O)CCN1CC(=O)Nc1cccc(S(=O)(=O)NC2=NCCCCC2)c1. The molecule has 2 aliphatic heterocycles. The number of nitrogens with one attached hydrogen (secondary N) is 2. The number of hydrogen-bond acceptors (Lipinski definition) is 6. The fraction of sp³-hybridized carbons (Fsp3) is 0.579. The van der Waals surface area contributed by atoms with Crippen molar-refractivity contribution >= 4 is 38.3 Å². The number of amides is 1. The Kier molecular flexibility index (Phi) is 7.42. The summed E-state index contributed by atoms with van der Waals surface area (Å²) in [6, 6.07) is 6.29. The number of amidine groups is 1. The van der Waals surface area contributed by atoms with Crippen molar-refractivity contribution in [2.75, 3.05) is 36.5 Å². The molecule has 2 N–H and O–H groups in total. The maximum Gasteiger partial charge on any atom is 0.262 e. The molecule has 2 aliphatic rings. The first-order chi connectivity index (χ1) is 13.8. The first-order valence-corrected chi connectivity index (χ1v) is 12.9. The molecular formula is C19H28N4O4S2. The van der Waals surface area contributed by atoms with Crippen molar-refractivity contribution < 1.29 is 17.4 Å². The van der Waals surface area contributed by atoms with Gasteiger partial charge >= 0.3 is 0 Å². The van der Waals surface area contributed by atoms with Crippen LogP contribution in [0.5, 0.6) is 0 Å². The van der Waals surface area contributed by atoms with E-state index in [0.717, 1.165) is 19.3 Å². The van der Waals surface area contributed by atoms with Crippen LogP contribution in [-0.4, -0.2) is 66.5 Å². The molecule has 0 aliphatic carbocycles. The highest BCUT2D eigenvalue weighted by Gasteiger charge is 2.24. The molecule has 1 fully saturated rings. The summed E-state index contributed by atoms with van der Waals surface area (Å²) in [5.74, 6) is 1.41. The lowest BCUT2D eigenvalue weighted by molar-refractivity contribution is -0.117. The molecule has 1 amide bonds. The van der Waals surface area contributed by atoms with Gasteiger partial charge in [-0.3, -0.25) is 23.6 Å². The Hall–Kier alpha value is -1.78. The second-order valence-corrected chi connectivity index (χ2v) is 10.8. The largest absolute Gasteiger partial charge is 0.325 e. The molecule has 160 valence electrons. The number of benzene rings is 1. The molecule has 29 heavy (non-hydrogen) atoms. The summed E-state index contributed by atoms with van der Waals surface area (Å²) >= 11 is 0. The molecule has 0 bridgehead atoms. The minimum atomic E-state index is -3.75. The van der Waals surface area contributed by atoms with Crippen molar-refractivity contribution in [1.82, 2.24) is 9.62 Å². The predicted molar refractivity (Wildman–Crippen MR) is 115 cm³/mol. The van der Waals surface area contributed by atoms with E-state index in [1.807, 2.05) is 11.8 Å². The van der Waals surface area contributed by atoms with Crippen LogP contribution in [0.3, 0.4) is 0 Å². The van der Waals surface area contributed by atoms with Gasteiger partial charge in [-0.15, -0.1) is 0 Å². The van der Waals surface area contributed by atoms with Gasteiger partial charge in [0.05, 0.1) is 11.4 Å². The maximum atomic E-state index is 12.7. The first kappa shape index (κ1) is 21.9. The van der Waals surface area contributed by atoms with Crippen molar-refractivity contribution in [3.8, 4) is 0 Å². The fourth-order valence-corrected chi connectivity index (χ4v) is 5.92. The van der Waals surface area contributed by atoms with Crippen LogP contribution in [0, 0.1) is 0 Å². The number of sulfonamides is 1. The van der Waals surface area contributed by atoms with Crippen LogP contribution in [0.1, 0.15) is 32.6 Å². The third-order valence-corrected chi connectivity index (χ3v) is 7.93. The van der Waals surface area contributed by atoms with E-state index in [-0.39, 0.29) is 23.4 Å². The molecular weight excluding hydrogens is 412 g/mol. The van der Waals surface area contributed by atoms with Crippen molar-refractivity contribution in [2.45, 2.75) is 43.5 Å². The summed E-state index contributed by atoms with van der Waals surface area (Å²) < 4.78 is 39.6. The van der Waals surface area contributed by atoms with Gasteiger partial charge in [-0.1, -0.05) is 12.5 Å². The van der Waals surface area contributed by atoms with Crippen molar-refractivity contribution in [3.05, 3.63) is 24.3 Å². The highest BCUT2D eigenvalue weighted by molar-refractivity contribution is 7.90. The van der Waals surface area contributed by atoms with E-state index in [0.29, 0.717) is 42.5 Å². The lowest BCUT2D eigenvalue weighted by atomic mass is 10.2.